The van der Waals surface area contributed by atoms with E-state index in [9.17, 15) is 0 Å². The third-order valence-electron chi connectivity index (χ3n) is 3.52. The molecule has 0 aliphatic heterocycles. The van der Waals surface area contributed by atoms with Crippen LogP contribution >= 0.6 is 27.3 Å². The highest BCUT2D eigenvalue weighted by Gasteiger charge is 2.15. The van der Waals surface area contributed by atoms with Gasteiger partial charge in [0.15, 0.2) is 0 Å². The zero-order valence-electron chi connectivity index (χ0n) is 9.84. The molecule has 1 heterocycles. The first-order chi connectivity index (χ1) is 7.77. The first-order valence-corrected chi connectivity index (χ1v) is 7.91. The van der Waals surface area contributed by atoms with Gasteiger partial charge in [0.05, 0.1) is 0 Å². The van der Waals surface area contributed by atoms with E-state index in [4.69, 9.17) is 0 Å². The summed E-state index contributed by atoms with van der Waals surface area (Å²) in [4.78, 5) is 1.42. The zero-order valence-corrected chi connectivity index (χ0v) is 12.2. The fraction of sp³-hybridized carbons (Fsp3) is 0.692. The van der Waals surface area contributed by atoms with Crippen molar-refractivity contribution < 1.29 is 0 Å². The molecule has 3 heteroatoms. The maximum Gasteiger partial charge on any atom is 0.0397 e. The summed E-state index contributed by atoms with van der Waals surface area (Å²) in [5.74, 6) is 0.992. The Morgan fingerprint density at radius 1 is 1.50 bits per heavy atom. The Labute approximate surface area is 111 Å². The lowest BCUT2D eigenvalue weighted by atomic mass is 10.0. The molecule has 1 aromatic rings. The number of nitrogens with one attached hydrogen (secondary N) is 1. The van der Waals surface area contributed by atoms with Crippen LogP contribution in [0, 0.1) is 5.92 Å². The molecule has 1 nitrogen and oxygen atoms in total. The average molecular weight is 302 g/mol. The van der Waals surface area contributed by atoms with Gasteiger partial charge in [-0.15, -0.1) is 11.3 Å². The molecule has 1 aromatic heterocycles. The second kappa shape index (κ2) is 6.18. The van der Waals surface area contributed by atoms with Gasteiger partial charge in [-0.25, -0.2) is 0 Å². The highest BCUT2D eigenvalue weighted by atomic mass is 79.9. The summed E-state index contributed by atoms with van der Waals surface area (Å²) < 4.78 is 1.25. The van der Waals surface area contributed by atoms with Crippen LogP contribution < -0.4 is 5.32 Å². The minimum atomic E-state index is 0.482. The Hall–Kier alpha value is 0.140. The third kappa shape index (κ3) is 3.31. The molecule has 1 N–H and O–H groups in total. The summed E-state index contributed by atoms with van der Waals surface area (Å²) in [6, 6.07) is 2.62. The van der Waals surface area contributed by atoms with Gasteiger partial charge in [-0.3, -0.25) is 0 Å². The minimum absolute atomic E-state index is 0.482. The van der Waals surface area contributed by atoms with E-state index in [0.29, 0.717) is 6.04 Å². The van der Waals surface area contributed by atoms with Crippen LogP contribution in [0.1, 0.15) is 49.9 Å². The molecule has 1 saturated carbocycles. The smallest absolute Gasteiger partial charge is 0.0397 e. The van der Waals surface area contributed by atoms with Crippen molar-refractivity contribution in [2.75, 3.05) is 6.54 Å². The first-order valence-electron chi connectivity index (χ1n) is 6.23. The second-order valence-electron chi connectivity index (χ2n) is 4.75. The van der Waals surface area contributed by atoms with Crippen LogP contribution in [0.15, 0.2) is 15.9 Å². The SMILES string of the molecule is CC(NCCC1CCCC1)c1sccc1Br. The number of rotatable bonds is 5. The lowest BCUT2D eigenvalue weighted by Crippen LogP contribution is -2.20. The third-order valence-corrected chi connectivity index (χ3v) is 5.57. The van der Waals surface area contributed by atoms with Gasteiger partial charge in [-0.05, 0) is 53.2 Å². The maximum atomic E-state index is 3.63. The Balaban J connectivity index is 1.71. The van der Waals surface area contributed by atoms with Gasteiger partial charge in [0, 0.05) is 15.4 Å². The molecule has 1 unspecified atom stereocenters. The van der Waals surface area contributed by atoms with Crippen molar-refractivity contribution in [1.29, 1.82) is 0 Å². The Kier molecular flexibility index (Phi) is 4.86. The molecular weight excluding hydrogens is 282 g/mol. The maximum absolute atomic E-state index is 3.63. The molecule has 1 fully saturated rings. The van der Waals surface area contributed by atoms with Crippen LogP contribution in [-0.4, -0.2) is 6.54 Å². The molecule has 0 amide bonds. The van der Waals surface area contributed by atoms with E-state index < -0.39 is 0 Å². The summed E-state index contributed by atoms with van der Waals surface area (Å²) in [7, 11) is 0. The topological polar surface area (TPSA) is 12.0 Å². The standard InChI is InChI=1S/C13H20BrNS/c1-10(13-12(14)7-9-16-13)15-8-6-11-4-2-3-5-11/h7,9-11,15H,2-6,8H2,1H3. The van der Waals surface area contributed by atoms with E-state index in [1.807, 2.05) is 11.3 Å². The predicted molar refractivity (Wildman–Crippen MR) is 75.0 cm³/mol. The Morgan fingerprint density at radius 3 is 2.88 bits per heavy atom. The summed E-state index contributed by atoms with van der Waals surface area (Å²) in [5.41, 5.74) is 0. The number of halogens is 1. The second-order valence-corrected chi connectivity index (χ2v) is 6.55. The van der Waals surface area contributed by atoms with Crippen LogP contribution in [0.5, 0.6) is 0 Å². The Morgan fingerprint density at radius 2 is 2.25 bits per heavy atom. The molecule has 0 saturated heterocycles. The summed E-state index contributed by atoms with van der Waals surface area (Å²) >= 11 is 5.43. The molecule has 0 radical (unpaired) electrons. The van der Waals surface area contributed by atoms with E-state index >= 15 is 0 Å². The molecule has 0 spiro atoms. The average Bonchev–Trinajstić information content (AvgIpc) is 2.88. The van der Waals surface area contributed by atoms with E-state index in [0.717, 1.165) is 12.5 Å². The molecule has 1 atom stereocenters. The number of hydrogen-bond donors (Lipinski definition) is 1. The van der Waals surface area contributed by atoms with Crippen LogP contribution in [0.4, 0.5) is 0 Å². The first kappa shape index (κ1) is 12.6. The molecule has 90 valence electrons. The lowest BCUT2D eigenvalue weighted by Gasteiger charge is -2.15. The largest absolute Gasteiger partial charge is 0.309 e. The van der Waals surface area contributed by atoms with Gasteiger partial charge in [0.25, 0.3) is 0 Å². The number of thiophene rings is 1. The van der Waals surface area contributed by atoms with Crippen molar-refractivity contribution in [2.24, 2.45) is 5.92 Å². The lowest BCUT2D eigenvalue weighted by molar-refractivity contribution is 0.456. The van der Waals surface area contributed by atoms with E-state index in [2.05, 4.69) is 39.6 Å². The fourth-order valence-corrected chi connectivity index (χ4v) is 4.26. The molecule has 1 aliphatic carbocycles. The summed E-state index contributed by atoms with van der Waals surface area (Å²) in [6.45, 7) is 3.42. The van der Waals surface area contributed by atoms with E-state index in [-0.39, 0.29) is 0 Å². The van der Waals surface area contributed by atoms with Crippen molar-refractivity contribution in [3.63, 3.8) is 0 Å². The highest BCUT2D eigenvalue weighted by molar-refractivity contribution is 9.10. The highest BCUT2D eigenvalue weighted by Crippen LogP contribution is 2.30. The van der Waals surface area contributed by atoms with Gasteiger partial charge in [0.2, 0.25) is 0 Å². The van der Waals surface area contributed by atoms with Crippen LogP contribution in [0.25, 0.3) is 0 Å². The normalized spacial score (nSPS) is 19.1. The van der Waals surface area contributed by atoms with Gasteiger partial charge >= 0.3 is 0 Å². The molecule has 2 rings (SSSR count). The van der Waals surface area contributed by atoms with Crippen LogP contribution in [0.2, 0.25) is 0 Å². The quantitative estimate of drug-likeness (QED) is 0.828. The monoisotopic (exact) mass is 301 g/mol. The van der Waals surface area contributed by atoms with Crippen molar-refractivity contribution in [2.45, 2.75) is 45.1 Å². The van der Waals surface area contributed by atoms with Crippen molar-refractivity contribution >= 4 is 27.3 Å². The van der Waals surface area contributed by atoms with E-state index in [1.165, 1.54) is 41.5 Å². The van der Waals surface area contributed by atoms with Gasteiger partial charge in [0.1, 0.15) is 0 Å². The minimum Gasteiger partial charge on any atom is -0.309 e. The van der Waals surface area contributed by atoms with Crippen molar-refractivity contribution in [1.82, 2.24) is 5.32 Å². The molecule has 0 bridgehead atoms. The van der Waals surface area contributed by atoms with Crippen molar-refractivity contribution in [3.8, 4) is 0 Å². The van der Waals surface area contributed by atoms with Gasteiger partial charge < -0.3 is 5.32 Å². The molecule has 1 aliphatic rings. The molecular formula is C13H20BrNS. The zero-order chi connectivity index (χ0) is 11.4. The fourth-order valence-electron chi connectivity index (χ4n) is 2.51. The van der Waals surface area contributed by atoms with Crippen LogP contribution in [-0.2, 0) is 0 Å². The molecule has 16 heavy (non-hydrogen) atoms. The van der Waals surface area contributed by atoms with Gasteiger partial charge in [-0.1, -0.05) is 25.7 Å². The van der Waals surface area contributed by atoms with Gasteiger partial charge in [-0.2, -0.15) is 0 Å². The van der Waals surface area contributed by atoms with Crippen molar-refractivity contribution in [3.05, 3.63) is 20.8 Å². The summed E-state index contributed by atoms with van der Waals surface area (Å²) in [5, 5.41) is 5.78. The number of hydrogen-bond acceptors (Lipinski definition) is 2. The summed E-state index contributed by atoms with van der Waals surface area (Å²) in [6.07, 6.45) is 7.18. The predicted octanol–water partition coefficient (Wildman–Crippen LogP) is 4.74. The Bertz CT molecular complexity index is 317. The molecule has 0 aromatic carbocycles. The van der Waals surface area contributed by atoms with Crippen LogP contribution in [0.3, 0.4) is 0 Å². The van der Waals surface area contributed by atoms with E-state index in [1.54, 1.807) is 0 Å².